The van der Waals surface area contributed by atoms with Crippen molar-refractivity contribution >= 4 is 11.7 Å². The summed E-state index contributed by atoms with van der Waals surface area (Å²) in [5, 5.41) is 27.5. The number of benzene rings is 1. The van der Waals surface area contributed by atoms with E-state index in [0.29, 0.717) is 0 Å². The molecule has 72 valence electrons. The molecule has 0 radical (unpaired) electrons. The van der Waals surface area contributed by atoms with Gasteiger partial charge in [-0.1, -0.05) is 0 Å². The number of hydrogen-bond donors (Lipinski definition) is 1. The summed E-state index contributed by atoms with van der Waals surface area (Å²) in [5.74, 6) is -1.27. The number of carboxylic acid groups (broad SMARTS) is 1. The minimum atomic E-state index is -1.27. The van der Waals surface area contributed by atoms with Crippen LogP contribution in [0.2, 0.25) is 0 Å². The Kier molecular flexibility index (Phi) is 5.63. The summed E-state index contributed by atoms with van der Waals surface area (Å²) >= 11 is 0. The molecular weight excluding hydrogens is 227 g/mol. The van der Waals surface area contributed by atoms with Gasteiger partial charge in [-0.25, -0.2) is 4.79 Å². The van der Waals surface area contributed by atoms with Crippen LogP contribution in [0, 0.1) is 21.4 Å². The average Bonchev–Trinajstić information content (AvgIpc) is 2.16. The van der Waals surface area contributed by atoms with Crippen molar-refractivity contribution in [3.63, 3.8) is 0 Å². The number of aromatic carboxylic acids is 1. The van der Waals surface area contributed by atoms with E-state index < -0.39 is 16.6 Å². The van der Waals surface area contributed by atoms with E-state index >= 15 is 0 Å². The molecule has 1 aromatic carbocycles. The standard InChI is InChI=1S/C8H4N2O4.K.H/c9-4-6-2-1-5(8(11)12)3-7(6)10(13)14;;/h1-3H,(H,11,12);;/q;+1;-1. The van der Waals surface area contributed by atoms with Gasteiger partial charge in [-0.05, 0) is 12.1 Å². The number of nitriles is 1. The van der Waals surface area contributed by atoms with Crippen molar-refractivity contribution in [2.75, 3.05) is 0 Å². The summed E-state index contributed by atoms with van der Waals surface area (Å²) < 4.78 is 0. The fourth-order valence-electron chi connectivity index (χ4n) is 0.910. The number of nitro benzene ring substituents is 1. The molecular formula is C8H5KN2O4. The number of rotatable bonds is 2. The van der Waals surface area contributed by atoms with Crippen LogP contribution in [0.1, 0.15) is 17.3 Å². The molecule has 0 amide bonds. The molecule has 6 nitrogen and oxygen atoms in total. The molecule has 0 unspecified atom stereocenters. The van der Waals surface area contributed by atoms with Crippen LogP contribution in [0.15, 0.2) is 18.2 Å². The number of nitrogens with zero attached hydrogens (tertiary/aromatic N) is 2. The summed E-state index contributed by atoms with van der Waals surface area (Å²) in [4.78, 5) is 20.1. The molecule has 0 saturated heterocycles. The largest absolute Gasteiger partial charge is 1.00 e. The van der Waals surface area contributed by atoms with Crippen LogP contribution in [-0.4, -0.2) is 16.0 Å². The average molecular weight is 232 g/mol. The van der Waals surface area contributed by atoms with E-state index in [1.807, 2.05) is 0 Å². The smallest absolute Gasteiger partial charge is 1.00 e. The molecule has 15 heavy (non-hydrogen) atoms. The third kappa shape index (κ3) is 3.37. The monoisotopic (exact) mass is 232 g/mol. The minimum absolute atomic E-state index is 0. The zero-order chi connectivity index (χ0) is 10.7. The van der Waals surface area contributed by atoms with Gasteiger partial charge >= 0.3 is 57.4 Å². The van der Waals surface area contributed by atoms with Crippen molar-refractivity contribution in [1.82, 2.24) is 0 Å². The normalized spacial score (nSPS) is 8.47. The molecule has 0 atom stereocenters. The van der Waals surface area contributed by atoms with Crippen molar-refractivity contribution in [3.8, 4) is 6.07 Å². The van der Waals surface area contributed by atoms with Gasteiger partial charge in [0.25, 0.3) is 5.69 Å². The second-order valence-corrected chi connectivity index (χ2v) is 2.41. The third-order valence-corrected chi connectivity index (χ3v) is 1.56. The molecule has 7 heteroatoms. The zero-order valence-corrected chi connectivity index (χ0v) is 10.9. The second-order valence-electron chi connectivity index (χ2n) is 2.41. The van der Waals surface area contributed by atoms with Gasteiger partial charge in [0.05, 0.1) is 10.5 Å². The van der Waals surface area contributed by atoms with Crippen molar-refractivity contribution in [3.05, 3.63) is 39.4 Å². The zero-order valence-electron chi connectivity index (χ0n) is 8.80. The molecule has 0 aliphatic carbocycles. The SMILES string of the molecule is N#Cc1ccc(C(=O)O)cc1[N+](=O)[O-].[H-].[K+]. The van der Waals surface area contributed by atoms with Crippen LogP contribution < -0.4 is 51.4 Å². The molecule has 0 bridgehead atoms. The van der Waals surface area contributed by atoms with Gasteiger partial charge in [-0.15, -0.1) is 0 Å². The number of carboxylic acids is 1. The van der Waals surface area contributed by atoms with Crippen molar-refractivity contribution in [2.24, 2.45) is 0 Å². The Morgan fingerprint density at radius 1 is 1.60 bits per heavy atom. The Hall–Kier alpha value is -0.784. The van der Waals surface area contributed by atoms with E-state index in [1.54, 1.807) is 6.07 Å². The van der Waals surface area contributed by atoms with Crippen LogP contribution in [0.5, 0.6) is 0 Å². The van der Waals surface area contributed by atoms with Crippen LogP contribution in [0.3, 0.4) is 0 Å². The molecule has 0 heterocycles. The van der Waals surface area contributed by atoms with E-state index in [1.165, 1.54) is 0 Å². The molecule has 0 aliphatic heterocycles. The molecule has 1 aromatic rings. The third-order valence-electron chi connectivity index (χ3n) is 1.56. The van der Waals surface area contributed by atoms with Gasteiger partial charge in [-0.2, -0.15) is 5.26 Å². The quantitative estimate of drug-likeness (QED) is 0.371. The molecule has 0 fully saturated rings. The summed E-state index contributed by atoms with van der Waals surface area (Å²) in [5.41, 5.74) is -0.858. The van der Waals surface area contributed by atoms with E-state index in [4.69, 9.17) is 10.4 Å². The van der Waals surface area contributed by atoms with Gasteiger partial charge in [0.15, 0.2) is 0 Å². The molecule has 0 spiro atoms. The maximum absolute atomic E-state index is 10.5. The van der Waals surface area contributed by atoms with Gasteiger partial charge in [0.1, 0.15) is 11.6 Å². The van der Waals surface area contributed by atoms with Crippen LogP contribution in [0.4, 0.5) is 5.69 Å². The first-order valence-electron chi connectivity index (χ1n) is 3.48. The maximum Gasteiger partial charge on any atom is 1.00 e. The van der Waals surface area contributed by atoms with Crippen LogP contribution in [0.25, 0.3) is 0 Å². The molecule has 0 aromatic heterocycles. The molecule has 0 aliphatic rings. The minimum Gasteiger partial charge on any atom is -1.00 e. The Labute approximate surface area is 129 Å². The van der Waals surface area contributed by atoms with Gasteiger partial charge in [0.2, 0.25) is 0 Å². The number of hydrogen-bond acceptors (Lipinski definition) is 4. The topological polar surface area (TPSA) is 104 Å². The van der Waals surface area contributed by atoms with E-state index in [-0.39, 0.29) is 63.9 Å². The fourth-order valence-corrected chi connectivity index (χ4v) is 0.910. The van der Waals surface area contributed by atoms with Gasteiger partial charge in [-0.3, -0.25) is 10.1 Å². The Morgan fingerprint density at radius 3 is 2.60 bits per heavy atom. The number of carbonyl (C=O) groups is 1. The molecule has 1 N–H and O–H groups in total. The first kappa shape index (κ1) is 14.2. The maximum atomic E-state index is 10.5. The molecule has 0 saturated carbocycles. The van der Waals surface area contributed by atoms with Crippen LogP contribution in [-0.2, 0) is 0 Å². The summed E-state index contributed by atoms with van der Waals surface area (Å²) in [7, 11) is 0. The summed E-state index contributed by atoms with van der Waals surface area (Å²) in [6.07, 6.45) is 0. The summed E-state index contributed by atoms with van der Waals surface area (Å²) in [6.45, 7) is 0. The predicted octanol–water partition coefficient (Wildman–Crippen LogP) is -1.72. The molecule has 1 rings (SSSR count). The second kappa shape index (κ2) is 5.94. The first-order valence-corrected chi connectivity index (χ1v) is 3.48. The van der Waals surface area contributed by atoms with Gasteiger partial charge in [0, 0.05) is 6.07 Å². The summed E-state index contributed by atoms with van der Waals surface area (Å²) in [6, 6.07) is 4.73. The van der Waals surface area contributed by atoms with Crippen molar-refractivity contribution in [1.29, 1.82) is 5.26 Å². The Bertz CT molecular complexity index is 458. The van der Waals surface area contributed by atoms with Crippen molar-refractivity contribution < 1.29 is 67.6 Å². The number of nitro groups is 1. The predicted molar refractivity (Wildman–Crippen MR) is 45.9 cm³/mol. The van der Waals surface area contributed by atoms with Gasteiger partial charge < -0.3 is 6.53 Å². The Balaban J connectivity index is 0. The first-order chi connectivity index (χ1) is 6.56. The van der Waals surface area contributed by atoms with E-state index in [0.717, 1.165) is 18.2 Å². The van der Waals surface area contributed by atoms with Crippen LogP contribution >= 0.6 is 0 Å². The van der Waals surface area contributed by atoms with E-state index in [2.05, 4.69) is 0 Å². The fraction of sp³-hybridized carbons (Fsp3) is 0. The Morgan fingerprint density at radius 2 is 2.20 bits per heavy atom. The van der Waals surface area contributed by atoms with Crippen molar-refractivity contribution in [2.45, 2.75) is 0 Å². The van der Waals surface area contributed by atoms with E-state index in [9.17, 15) is 14.9 Å².